The van der Waals surface area contributed by atoms with Crippen LogP contribution in [-0.4, -0.2) is 24.0 Å². The van der Waals surface area contributed by atoms with E-state index in [9.17, 15) is 0 Å². The molecule has 0 spiro atoms. The molecule has 0 aromatic heterocycles. The van der Waals surface area contributed by atoms with Gasteiger partial charge in [-0.2, -0.15) is 0 Å². The predicted molar refractivity (Wildman–Crippen MR) is 22.1 cm³/mol. The highest BCUT2D eigenvalue weighted by atomic mass is 16.4. The minimum Gasteiger partial charge on any atom is -0.411 e. The zero-order valence-corrected chi connectivity index (χ0v) is 3.31. The molecule has 1 aliphatic rings. The van der Waals surface area contributed by atoms with E-state index >= 15 is 0 Å². The fourth-order valence-corrected chi connectivity index (χ4v) is 0.308. The van der Waals surface area contributed by atoms with Crippen molar-refractivity contribution in [2.45, 2.75) is 0 Å². The van der Waals surface area contributed by atoms with Gasteiger partial charge in [0.15, 0.2) is 0 Å². The number of nitrogens with zero attached hydrogens (tertiary/aromatic N) is 1. The summed E-state index contributed by atoms with van der Waals surface area (Å²) >= 11 is 0. The molecule has 6 heavy (non-hydrogen) atoms. The molecule has 3 heteroatoms. The van der Waals surface area contributed by atoms with Gasteiger partial charge in [0.25, 0.3) is 0 Å². The summed E-state index contributed by atoms with van der Waals surface area (Å²) in [5.41, 5.74) is 0.843. The average molecular weight is 86.1 g/mol. The SMILES string of the molecule is ON=C1CNC1. The van der Waals surface area contributed by atoms with Crippen LogP contribution in [0.1, 0.15) is 0 Å². The van der Waals surface area contributed by atoms with Crippen LogP contribution >= 0.6 is 0 Å². The van der Waals surface area contributed by atoms with Crippen molar-refractivity contribution in [1.29, 1.82) is 0 Å². The predicted octanol–water partition coefficient (Wildman–Crippen LogP) is -0.580. The van der Waals surface area contributed by atoms with E-state index in [4.69, 9.17) is 5.21 Å². The Bertz CT molecular complexity index is 72.9. The molecule has 3 nitrogen and oxygen atoms in total. The van der Waals surface area contributed by atoms with Crippen molar-refractivity contribution in [1.82, 2.24) is 5.32 Å². The summed E-state index contributed by atoms with van der Waals surface area (Å²) in [4.78, 5) is 0. The smallest absolute Gasteiger partial charge is 0.0845 e. The van der Waals surface area contributed by atoms with Crippen molar-refractivity contribution in [2.75, 3.05) is 13.1 Å². The Hall–Kier alpha value is -0.570. The second kappa shape index (κ2) is 1.26. The molecule has 1 saturated heterocycles. The lowest BCUT2D eigenvalue weighted by Gasteiger charge is -2.13. The maximum Gasteiger partial charge on any atom is 0.0845 e. The molecule has 1 heterocycles. The second-order valence-corrected chi connectivity index (χ2v) is 1.27. The van der Waals surface area contributed by atoms with Gasteiger partial charge >= 0.3 is 0 Å². The van der Waals surface area contributed by atoms with E-state index < -0.39 is 0 Å². The van der Waals surface area contributed by atoms with Crippen LogP contribution in [0.4, 0.5) is 0 Å². The summed E-state index contributed by atoms with van der Waals surface area (Å²) in [6, 6.07) is 0. The summed E-state index contributed by atoms with van der Waals surface area (Å²) in [6.07, 6.45) is 0. The molecular formula is C3H6N2O. The zero-order chi connectivity index (χ0) is 4.41. The third kappa shape index (κ3) is 0.367. The van der Waals surface area contributed by atoms with E-state index in [1.165, 1.54) is 0 Å². The Kier molecular flexibility index (Phi) is 0.759. The van der Waals surface area contributed by atoms with E-state index in [0.717, 1.165) is 18.8 Å². The van der Waals surface area contributed by atoms with Crippen molar-refractivity contribution in [3.05, 3.63) is 0 Å². The van der Waals surface area contributed by atoms with E-state index in [-0.39, 0.29) is 0 Å². The number of hydrogen-bond donors (Lipinski definition) is 2. The third-order valence-electron chi connectivity index (χ3n) is 0.800. The maximum atomic E-state index is 7.93. The molecule has 0 atom stereocenters. The Morgan fingerprint density at radius 2 is 2.33 bits per heavy atom. The molecule has 1 rings (SSSR count). The molecule has 0 saturated carbocycles. The lowest BCUT2D eigenvalue weighted by atomic mass is 10.2. The number of nitrogens with one attached hydrogen (secondary N) is 1. The Morgan fingerprint density at radius 1 is 1.67 bits per heavy atom. The summed E-state index contributed by atoms with van der Waals surface area (Å²) < 4.78 is 0. The normalized spacial score (nSPS) is 19.7. The molecule has 0 aliphatic carbocycles. The third-order valence-corrected chi connectivity index (χ3v) is 0.800. The van der Waals surface area contributed by atoms with E-state index in [0.29, 0.717) is 0 Å². The highest BCUT2D eigenvalue weighted by molar-refractivity contribution is 5.92. The molecule has 2 N–H and O–H groups in total. The van der Waals surface area contributed by atoms with Crippen LogP contribution in [0.2, 0.25) is 0 Å². The Labute approximate surface area is 35.7 Å². The quantitative estimate of drug-likeness (QED) is 0.306. The first kappa shape index (κ1) is 3.61. The first-order chi connectivity index (χ1) is 2.93. The van der Waals surface area contributed by atoms with Crippen LogP contribution in [0.3, 0.4) is 0 Å². The van der Waals surface area contributed by atoms with Gasteiger partial charge in [0.2, 0.25) is 0 Å². The summed E-state index contributed by atoms with van der Waals surface area (Å²) in [7, 11) is 0. The van der Waals surface area contributed by atoms with Crippen LogP contribution in [0, 0.1) is 0 Å². The monoisotopic (exact) mass is 86.0 g/mol. The van der Waals surface area contributed by atoms with E-state index in [1.54, 1.807) is 0 Å². The lowest BCUT2D eigenvalue weighted by Crippen LogP contribution is -2.42. The number of oxime groups is 1. The Balaban J connectivity index is 2.34. The van der Waals surface area contributed by atoms with Gasteiger partial charge in [0, 0.05) is 13.1 Å². The van der Waals surface area contributed by atoms with Crippen molar-refractivity contribution in [3.8, 4) is 0 Å². The van der Waals surface area contributed by atoms with Crippen molar-refractivity contribution >= 4 is 5.71 Å². The van der Waals surface area contributed by atoms with Crippen molar-refractivity contribution in [2.24, 2.45) is 5.16 Å². The van der Waals surface area contributed by atoms with Crippen LogP contribution < -0.4 is 5.32 Å². The summed E-state index contributed by atoms with van der Waals surface area (Å²) in [5, 5.41) is 13.8. The molecule has 0 aromatic rings. The van der Waals surface area contributed by atoms with Gasteiger partial charge in [-0.3, -0.25) is 0 Å². The minimum absolute atomic E-state index is 0.760. The number of rotatable bonds is 0. The molecule has 0 aromatic carbocycles. The van der Waals surface area contributed by atoms with Crippen molar-refractivity contribution in [3.63, 3.8) is 0 Å². The zero-order valence-electron chi connectivity index (χ0n) is 3.31. The summed E-state index contributed by atoms with van der Waals surface area (Å²) in [5.74, 6) is 0. The molecule has 1 fully saturated rings. The first-order valence-corrected chi connectivity index (χ1v) is 1.84. The first-order valence-electron chi connectivity index (χ1n) is 1.84. The molecule has 0 unspecified atom stereocenters. The van der Waals surface area contributed by atoms with Gasteiger partial charge in [-0.05, 0) is 0 Å². The fraction of sp³-hybridized carbons (Fsp3) is 0.667. The molecule has 0 amide bonds. The highest BCUT2D eigenvalue weighted by Gasteiger charge is 2.07. The van der Waals surface area contributed by atoms with Crippen LogP contribution in [0.5, 0.6) is 0 Å². The van der Waals surface area contributed by atoms with Crippen LogP contribution in [-0.2, 0) is 0 Å². The van der Waals surface area contributed by atoms with Gasteiger partial charge in [0.05, 0.1) is 5.71 Å². The standard InChI is InChI=1S/C3H6N2O/c6-5-3-1-4-2-3/h4,6H,1-2H2. The fourth-order valence-electron chi connectivity index (χ4n) is 0.308. The highest BCUT2D eigenvalue weighted by Crippen LogP contribution is 1.81. The van der Waals surface area contributed by atoms with Gasteiger partial charge in [-0.15, -0.1) is 0 Å². The van der Waals surface area contributed by atoms with Crippen LogP contribution in [0.25, 0.3) is 0 Å². The maximum absolute atomic E-state index is 7.93. The van der Waals surface area contributed by atoms with Crippen molar-refractivity contribution < 1.29 is 5.21 Å². The largest absolute Gasteiger partial charge is 0.411 e. The molecule has 1 aliphatic heterocycles. The Morgan fingerprint density at radius 3 is 2.33 bits per heavy atom. The van der Waals surface area contributed by atoms with Gasteiger partial charge in [0.1, 0.15) is 0 Å². The van der Waals surface area contributed by atoms with Crippen LogP contribution in [0.15, 0.2) is 5.16 Å². The molecule has 0 radical (unpaired) electrons. The molecule has 0 bridgehead atoms. The van der Waals surface area contributed by atoms with Gasteiger partial charge in [-0.1, -0.05) is 5.16 Å². The van der Waals surface area contributed by atoms with Gasteiger partial charge < -0.3 is 10.5 Å². The lowest BCUT2D eigenvalue weighted by molar-refractivity contribution is 0.314. The summed E-state index contributed by atoms with van der Waals surface area (Å²) in [6.45, 7) is 1.52. The molecular weight excluding hydrogens is 80.0 g/mol. The minimum atomic E-state index is 0.760. The average Bonchev–Trinajstić information content (AvgIpc) is 1.31. The second-order valence-electron chi connectivity index (χ2n) is 1.27. The van der Waals surface area contributed by atoms with Gasteiger partial charge in [-0.25, -0.2) is 0 Å². The van der Waals surface area contributed by atoms with E-state index in [1.807, 2.05) is 0 Å². The van der Waals surface area contributed by atoms with E-state index in [2.05, 4.69) is 10.5 Å². The molecule has 34 valence electrons. The topological polar surface area (TPSA) is 44.6 Å². The number of hydrogen-bond acceptors (Lipinski definition) is 3.